The average Bonchev–Trinajstić information content (AvgIpc) is 3.87. The van der Waals surface area contributed by atoms with Crippen molar-refractivity contribution in [2.24, 2.45) is 5.16 Å². The number of nitrogens with one attached hydrogen (secondary N) is 2. The van der Waals surface area contributed by atoms with Crippen LogP contribution in [-0.4, -0.2) is 70.6 Å². The lowest BCUT2D eigenvalue weighted by molar-refractivity contribution is -0.154. The molecular weight excluding hydrogens is 959 g/mol. The fraction of sp³-hybridized carbons (Fsp3) is 0.130. The standard InChI is InChI=1S/C54H45N5O9S3/c1-36-28-30-43(31-29-36)71(64,65)67-33-32-39-35-70(63)51-46(50(61)59(51)47(39)52(62)68-48(37-18-8-3-9-19-37)38-20-10-4-11-21-38)56-49(60)45(58-66-2)44-34-69-53(55-44)57-54(40-22-12-5-13-23-40,41-24-14-6-15-25-41)42-26-16-7-17-27-42/h3-34,46,48,51H,35H2,1-2H3,(H,55,57)(H,56,60). The third-order valence-electron chi connectivity index (χ3n) is 11.9. The number of oxime groups is 1. The topological polar surface area (TPSA) is 189 Å². The number of hydrogen-bond donors (Lipinski definition) is 2. The number of thiazole rings is 1. The van der Waals surface area contributed by atoms with Gasteiger partial charge in [0.25, 0.3) is 11.8 Å². The van der Waals surface area contributed by atoms with Gasteiger partial charge in [-0.2, -0.15) is 8.42 Å². The number of β-lactam (4-membered cyclic amide) rings is 1. The van der Waals surface area contributed by atoms with E-state index in [0.29, 0.717) is 16.3 Å². The van der Waals surface area contributed by atoms with E-state index in [0.717, 1.165) is 33.4 Å². The molecule has 2 amide bonds. The Morgan fingerprint density at radius 1 is 0.817 bits per heavy atom. The number of ether oxygens (including phenoxy) is 1. The largest absolute Gasteiger partial charge is 0.614 e. The molecule has 3 heterocycles. The number of rotatable bonds is 17. The lowest BCUT2D eigenvalue weighted by atomic mass is 9.77. The molecular formula is C54H45N5O9S3. The number of aromatic nitrogens is 1. The molecule has 0 radical (unpaired) electrons. The van der Waals surface area contributed by atoms with Crippen molar-refractivity contribution in [3.8, 4) is 0 Å². The zero-order valence-electron chi connectivity index (χ0n) is 38.2. The fourth-order valence-corrected chi connectivity index (χ4v) is 11.7. The van der Waals surface area contributed by atoms with Crippen molar-refractivity contribution in [3.05, 3.63) is 244 Å². The summed E-state index contributed by atoms with van der Waals surface area (Å²) in [4.78, 5) is 54.1. The Balaban J connectivity index is 1.01. The Morgan fingerprint density at radius 3 is 1.86 bits per heavy atom. The molecule has 358 valence electrons. The number of fused-ring (bicyclic) bond motifs is 1. The highest BCUT2D eigenvalue weighted by molar-refractivity contribution is 7.92. The SMILES string of the molecule is CON=C(C(=O)NC1C(=O)N2C(C(=O)OC(c3ccccc3)c3ccccc3)=C(C=COS(=O)(=O)c3ccc(C)cc3)C[S+]([O-])C12)c1csc(NC(c2ccccc2)(c2ccccc2)c2ccccc2)n1. The van der Waals surface area contributed by atoms with Gasteiger partial charge in [-0.3, -0.25) is 14.5 Å². The molecule has 17 heteroatoms. The third kappa shape index (κ3) is 9.98. The van der Waals surface area contributed by atoms with Crippen molar-refractivity contribution < 1.29 is 41.1 Å². The van der Waals surface area contributed by atoms with Crippen molar-refractivity contribution in [3.63, 3.8) is 0 Å². The number of amides is 2. The average molecular weight is 1000 g/mol. The molecule has 6 aromatic carbocycles. The molecule has 3 atom stereocenters. The van der Waals surface area contributed by atoms with Crippen molar-refractivity contribution in [2.75, 3.05) is 18.2 Å². The fourth-order valence-electron chi connectivity index (χ4n) is 8.50. The van der Waals surface area contributed by atoms with Crippen molar-refractivity contribution in [1.29, 1.82) is 0 Å². The highest BCUT2D eigenvalue weighted by Crippen LogP contribution is 2.42. The van der Waals surface area contributed by atoms with Gasteiger partial charge in [-0.15, -0.1) is 11.3 Å². The van der Waals surface area contributed by atoms with Crippen LogP contribution in [0.15, 0.2) is 215 Å². The minimum Gasteiger partial charge on any atom is -0.614 e. The zero-order chi connectivity index (χ0) is 49.5. The summed E-state index contributed by atoms with van der Waals surface area (Å²) in [6, 6.07) is 52.3. The number of aryl methyl sites for hydroxylation is 1. The molecule has 1 fully saturated rings. The first-order valence-corrected chi connectivity index (χ1v) is 25.9. The Hall–Kier alpha value is -7.83. The first-order chi connectivity index (χ1) is 34.5. The van der Waals surface area contributed by atoms with E-state index in [2.05, 4.69) is 15.8 Å². The summed E-state index contributed by atoms with van der Waals surface area (Å²) in [6.07, 6.45) is 1.09. The van der Waals surface area contributed by atoms with Crippen LogP contribution in [0.25, 0.3) is 0 Å². The summed E-state index contributed by atoms with van der Waals surface area (Å²) in [5.41, 5.74) is 3.51. The minimum absolute atomic E-state index is 0.00316. The van der Waals surface area contributed by atoms with Gasteiger partial charge in [-0.1, -0.05) is 175 Å². The number of anilines is 1. The first-order valence-electron chi connectivity index (χ1n) is 22.2. The molecule has 1 saturated heterocycles. The maximum atomic E-state index is 14.6. The molecule has 2 aliphatic rings. The van der Waals surface area contributed by atoms with E-state index in [-0.39, 0.29) is 33.3 Å². The van der Waals surface area contributed by atoms with Crippen molar-refractivity contribution >= 4 is 61.3 Å². The number of carbonyl (C=O) groups is 3. The lowest BCUT2D eigenvalue weighted by Crippen LogP contribution is -2.75. The summed E-state index contributed by atoms with van der Waals surface area (Å²) >= 11 is -0.733. The number of esters is 1. The number of allylic oxidation sites excluding steroid dienone is 1. The minimum atomic E-state index is -4.30. The van der Waals surface area contributed by atoms with Gasteiger partial charge in [-0.05, 0) is 64.1 Å². The van der Waals surface area contributed by atoms with Crippen LogP contribution in [0.3, 0.4) is 0 Å². The number of carbonyl (C=O) groups excluding carboxylic acids is 3. The molecule has 3 unspecified atom stereocenters. The molecule has 1 aromatic heterocycles. The molecule has 0 saturated carbocycles. The van der Waals surface area contributed by atoms with Crippen LogP contribution in [0.1, 0.15) is 45.2 Å². The van der Waals surface area contributed by atoms with E-state index in [1.807, 2.05) is 110 Å². The quantitative estimate of drug-likeness (QED) is 0.0131. The predicted octanol–water partition coefficient (Wildman–Crippen LogP) is 8.13. The second-order valence-electron chi connectivity index (χ2n) is 16.4. The highest BCUT2D eigenvalue weighted by atomic mass is 32.2. The van der Waals surface area contributed by atoms with E-state index in [9.17, 15) is 27.4 Å². The van der Waals surface area contributed by atoms with Crippen LogP contribution in [0.2, 0.25) is 0 Å². The predicted molar refractivity (Wildman–Crippen MR) is 270 cm³/mol. The third-order valence-corrected chi connectivity index (χ3v) is 15.5. The molecule has 14 nitrogen and oxygen atoms in total. The number of hydrogen-bond acceptors (Lipinski definition) is 13. The maximum Gasteiger partial charge on any atom is 0.356 e. The Bertz CT molecular complexity index is 3090. The summed E-state index contributed by atoms with van der Waals surface area (Å²) < 4.78 is 51.9. The van der Waals surface area contributed by atoms with Crippen LogP contribution < -0.4 is 10.6 Å². The molecule has 7 aromatic rings. The molecule has 9 rings (SSSR count). The zero-order valence-corrected chi connectivity index (χ0v) is 40.6. The molecule has 2 aliphatic heterocycles. The molecule has 0 aliphatic carbocycles. The van der Waals surface area contributed by atoms with Gasteiger partial charge in [0.2, 0.25) is 5.37 Å². The number of benzene rings is 6. The molecule has 0 bridgehead atoms. The van der Waals surface area contributed by atoms with Gasteiger partial charge < -0.3 is 28.9 Å². The second kappa shape index (κ2) is 21.0. The van der Waals surface area contributed by atoms with Gasteiger partial charge in [0.05, 0.1) is 0 Å². The monoisotopic (exact) mass is 1000 g/mol. The van der Waals surface area contributed by atoms with Crippen molar-refractivity contribution in [2.45, 2.75) is 34.9 Å². The summed E-state index contributed by atoms with van der Waals surface area (Å²) in [6.45, 7) is 1.81. The van der Waals surface area contributed by atoms with Gasteiger partial charge in [0.15, 0.2) is 23.0 Å². The van der Waals surface area contributed by atoms with E-state index in [4.69, 9.17) is 18.7 Å². The number of nitrogens with zero attached hydrogens (tertiary/aromatic N) is 3. The highest BCUT2D eigenvalue weighted by Gasteiger charge is 2.61. The van der Waals surface area contributed by atoms with Crippen LogP contribution >= 0.6 is 11.3 Å². The lowest BCUT2D eigenvalue weighted by Gasteiger charge is -2.49. The van der Waals surface area contributed by atoms with E-state index >= 15 is 0 Å². The molecule has 2 N–H and O–H groups in total. The first kappa shape index (κ1) is 48.2. The van der Waals surface area contributed by atoms with Gasteiger partial charge in [0.1, 0.15) is 41.0 Å². The van der Waals surface area contributed by atoms with Crippen LogP contribution in [-0.2, 0) is 55.0 Å². The van der Waals surface area contributed by atoms with E-state index in [1.54, 1.807) is 66.0 Å². The molecule has 71 heavy (non-hydrogen) atoms. The normalized spacial score (nSPS) is 17.1. The smallest absolute Gasteiger partial charge is 0.356 e. The Morgan fingerprint density at radius 2 is 1.34 bits per heavy atom. The summed E-state index contributed by atoms with van der Waals surface area (Å²) in [7, 11) is -3.04. The van der Waals surface area contributed by atoms with Gasteiger partial charge >= 0.3 is 16.1 Å². The van der Waals surface area contributed by atoms with Gasteiger partial charge in [0, 0.05) is 11.0 Å². The van der Waals surface area contributed by atoms with Crippen molar-refractivity contribution in [1.82, 2.24) is 15.2 Å². The van der Waals surface area contributed by atoms with Crippen LogP contribution in [0.4, 0.5) is 5.13 Å². The molecule has 0 spiro atoms. The Kier molecular flexibility index (Phi) is 14.3. The van der Waals surface area contributed by atoms with Gasteiger partial charge in [-0.25, -0.2) is 9.78 Å². The van der Waals surface area contributed by atoms with Crippen LogP contribution in [0, 0.1) is 6.92 Å². The Labute approximate surface area is 417 Å². The van der Waals surface area contributed by atoms with E-state index < -0.39 is 62.1 Å². The van der Waals surface area contributed by atoms with E-state index in [1.165, 1.54) is 36.7 Å². The summed E-state index contributed by atoms with van der Waals surface area (Å²) in [5.74, 6) is -2.95. The van der Waals surface area contributed by atoms with Crippen LogP contribution in [0.5, 0.6) is 0 Å². The second-order valence-corrected chi connectivity index (χ2v) is 20.3. The summed E-state index contributed by atoms with van der Waals surface area (Å²) in [5, 5.41) is 11.2. The maximum absolute atomic E-state index is 14.6.